The van der Waals surface area contributed by atoms with E-state index in [2.05, 4.69) is 11.7 Å². The first kappa shape index (κ1) is 8.95. The van der Waals surface area contributed by atoms with Gasteiger partial charge in [0, 0.05) is 6.08 Å². The molecule has 0 heterocycles. The maximum atomic E-state index is 10.5. The van der Waals surface area contributed by atoms with Crippen LogP contribution in [0.1, 0.15) is 6.92 Å². The van der Waals surface area contributed by atoms with E-state index in [0.717, 1.165) is 0 Å². The van der Waals surface area contributed by atoms with Crippen LogP contribution in [-0.2, 0) is 9.53 Å². The molecule has 2 nitrogen and oxygen atoms in total. The van der Waals surface area contributed by atoms with Crippen LogP contribution in [0.5, 0.6) is 0 Å². The Balaban J connectivity index is 3.56. The van der Waals surface area contributed by atoms with Gasteiger partial charge < -0.3 is 4.74 Å². The molecule has 0 saturated carbocycles. The van der Waals surface area contributed by atoms with Gasteiger partial charge >= 0.3 is 5.97 Å². The van der Waals surface area contributed by atoms with Gasteiger partial charge in [0.1, 0.15) is 0 Å². The van der Waals surface area contributed by atoms with E-state index in [1.54, 1.807) is 12.2 Å². The summed E-state index contributed by atoms with van der Waals surface area (Å²) >= 11 is 0. The summed E-state index contributed by atoms with van der Waals surface area (Å²) in [4.78, 5) is 10.5. The Morgan fingerprint density at radius 2 is 2.30 bits per heavy atom. The van der Waals surface area contributed by atoms with Crippen molar-refractivity contribution in [1.82, 2.24) is 0 Å². The van der Waals surface area contributed by atoms with E-state index in [1.807, 2.05) is 13.0 Å². The number of rotatable bonds is 3. The quantitative estimate of drug-likeness (QED) is 0.336. The van der Waals surface area contributed by atoms with E-state index < -0.39 is 0 Å². The van der Waals surface area contributed by atoms with Gasteiger partial charge in [0.2, 0.25) is 0 Å². The van der Waals surface area contributed by atoms with Gasteiger partial charge in [-0.05, 0) is 13.8 Å². The maximum absolute atomic E-state index is 10.5. The molecule has 0 fully saturated rings. The van der Waals surface area contributed by atoms with Crippen molar-refractivity contribution in [3.63, 3.8) is 0 Å². The predicted molar refractivity (Wildman–Crippen MR) is 40.3 cm³/mol. The second-order valence-corrected chi connectivity index (χ2v) is 1.55. The molecule has 0 N–H and O–H groups in total. The van der Waals surface area contributed by atoms with Gasteiger partial charge in [-0.15, -0.1) is 0 Å². The lowest BCUT2D eigenvalue weighted by molar-refractivity contribution is -0.136. The van der Waals surface area contributed by atoms with Gasteiger partial charge in [-0.2, -0.15) is 0 Å². The molecule has 0 aliphatic carbocycles. The molecule has 0 rings (SSSR count). The lowest BCUT2D eigenvalue weighted by Gasteiger charge is -1.91. The number of ether oxygens (including phenoxy) is 1. The molecule has 0 amide bonds. The first-order chi connectivity index (χ1) is 4.81. The molecule has 0 atom stereocenters. The average molecular weight is 139 g/mol. The van der Waals surface area contributed by atoms with Gasteiger partial charge in [0.15, 0.2) is 0 Å². The molecule has 0 aliphatic heterocycles. The fraction of sp³-hybridized carbons (Fsp3) is 0.250. The van der Waals surface area contributed by atoms with Crippen LogP contribution >= 0.6 is 0 Å². The molecular formula is C8H11O2. The third-order valence-corrected chi connectivity index (χ3v) is 0.780. The summed E-state index contributed by atoms with van der Waals surface area (Å²) in [6.07, 6.45) is 6.56. The highest BCUT2D eigenvalue weighted by Crippen LogP contribution is 1.81. The summed E-state index contributed by atoms with van der Waals surface area (Å²) in [7, 11) is 0. The monoisotopic (exact) mass is 139 g/mol. The molecule has 0 unspecified atom stereocenters. The summed E-state index contributed by atoms with van der Waals surface area (Å²) < 4.78 is 4.52. The number of allylic oxidation sites excluding steroid dienone is 3. The molecule has 0 bridgehead atoms. The van der Waals surface area contributed by atoms with E-state index in [1.165, 1.54) is 6.08 Å². The van der Waals surface area contributed by atoms with Gasteiger partial charge in [-0.25, -0.2) is 4.79 Å². The second-order valence-electron chi connectivity index (χ2n) is 1.55. The third-order valence-electron chi connectivity index (χ3n) is 0.780. The number of carbonyl (C=O) groups is 1. The Labute approximate surface area is 61.2 Å². The maximum Gasteiger partial charge on any atom is 0.330 e. The smallest absolute Gasteiger partial charge is 0.330 e. The molecule has 0 aromatic heterocycles. The summed E-state index contributed by atoms with van der Waals surface area (Å²) in [6, 6.07) is 0. The zero-order valence-electron chi connectivity index (χ0n) is 6.04. The molecule has 0 aromatic rings. The molecule has 0 saturated heterocycles. The summed E-state index contributed by atoms with van der Waals surface area (Å²) in [5.74, 6) is -0.354. The van der Waals surface area contributed by atoms with E-state index in [-0.39, 0.29) is 12.6 Å². The number of hydrogen-bond donors (Lipinski definition) is 0. The topological polar surface area (TPSA) is 26.3 Å². The average Bonchev–Trinajstić information content (AvgIpc) is 1.89. The van der Waals surface area contributed by atoms with Crippen molar-refractivity contribution >= 4 is 5.97 Å². The predicted octanol–water partition coefficient (Wildman–Crippen LogP) is 1.50. The van der Waals surface area contributed by atoms with E-state index in [4.69, 9.17) is 0 Å². The minimum atomic E-state index is -0.354. The van der Waals surface area contributed by atoms with Crippen molar-refractivity contribution in [3.8, 4) is 0 Å². The van der Waals surface area contributed by atoms with Crippen LogP contribution in [0.25, 0.3) is 0 Å². The lowest BCUT2D eigenvalue weighted by Crippen LogP contribution is -1.98. The van der Waals surface area contributed by atoms with Crippen molar-refractivity contribution in [2.45, 2.75) is 6.92 Å². The Morgan fingerprint density at radius 3 is 2.80 bits per heavy atom. The molecule has 0 spiro atoms. The Bertz CT molecular complexity index is 145. The van der Waals surface area contributed by atoms with Crippen molar-refractivity contribution < 1.29 is 9.53 Å². The summed E-state index contributed by atoms with van der Waals surface area (Å²) in [6.45, 7) is 5.41. The highest BCUT2D eigenvalue weighted by Gasteiger charge is 1.89. The van der Waals surface area contributed by atoms with Crippen LogP contribution in [0.3, 0.4) is 0 Å². The minimum Gasteiger partial charge on any atom is -0.463 e. The lowest BCUT2D eigenvalue weighted by atomic mass is 10.4. The molecule has 10 heavy (non-hydrogen) atoms. The van der Waals surface area contributed by atoms with E-state index >= 15 is 0 Å². The molecule has 1 radical (unpaired) electrons. The molecule has 0 aromatic carbocycles. The van der Waals surface area contributed by atoms with Crippen molar-refractivity contribution in [2.24, 2.45) is 0 Å². The number of carbonyl (C=O) groups excluding carboxylic acids is 1. The second kappa shape index (κ2) is 6.08. The summed E-state index contributed by atoms with van der Waals surface area (Å²) in [5, 5.41) is 0. The largest absolute Gasteiger partial charge is 0.463 e. The Morgan fingerprint density at radius 1 is 1.60 bits per heavy atom. The highest BCUT2D eigenvalue weighted by atomic mass is 16.5. The SMILES string of the molecule is [CH2]COC(=O)/C=C/C=C/C. The van der Waals surface area contributed by atoms with E-state index in [0.29, 0.717) is 0 Å². The van der Waals surface area contributed by atoms with Crippen LogP contribution in [0, 0.1) is 6.92 Å². The van der Waals surface area contributed by atoms with Crippen LogP contribution < -0.4 is 0 Å². The highest BCUT2D eigenvalue weighted by molar-refractivity contribution is 5.82. The molecule has 55 valence electrons. The molecular weight excluding hydrogens is 128 g/mol. The van der Waals surface area contributed by atoms with Crippen LogP contribution in [-0.4, -0.2) is 12.6 Å². The first-order valence-corrected chi connectivity index (χ1v) is 3.06. The third kappa shape index (κ3) is 5.09. The standard InChI is InChI=1S/C8H11O2/c1-3-5-6-7-8(9)10-4-2/h3,5-7H,2,4H2,1H3/b5-3+,7-6+. The van der Waals surface area contributed by atoms with Gasteiger partial charge in [-0.1, -0.05) is 18.2 Å². The van der Waals surface area contributed by atoms with Crippen molar-refractivity contribution in [3.05, 3.63) is 31.2 Å². The van der Waals surface area contributed by atoms with Crippen LogP contribution in [0.4, 0.5) is 0 Å². The fourth-order valence-corrected chi connectivity index (χ4v) is 0.394. The first-order valence-electron chi connectivity index (χ1n) is 3.06. The van der Waals surface area contributed by atoms with Crippen molar-refractivity contribution in [2.75, 3.05) is 6.61 Å². The van der Waals surface area contributed by atoms with E-state index in [9.17, 15) is 4.79 Å². The normalized spacial score (nSPS) is 11.0. The summed E-state index contributed by atoms with van der Waals surface area (Å²) in [5.41, 5.74) is 0. The van der Waals surface area contributed by atoms with Gasteiger partial charge in [-0.3, -0.25) is 0 Å². The van der Waals surface area contributed by atoms with Crippen LogP contribution in [0.2, 0.25) is 0 Å². The minimum absolute atomic E-state index is 0.180. The number of hydrogen-bond acceptors (Lipinski definition) is 2. The molecule has 2 heteroatoms. The zero-order valence-corrected chi connectivity index (χ0v) is 6.04. The fourth-order valence-electron chi connectivity index (χ4n) is 0.394. The molecule has 0 aliphatic rings. The van der Waals surface area contributed by atoms with Gasteiger partial charge in [0.05, 0.1) is 6.61 Å². The van der Waals surface area contributed by atoms with Gasteiger partial charge in [0.25, 0.3) is 0 Å². The van der Waals surface area contributed by atoms with Crippen LogP contribution in [0.15, 0.2) is 24.3 Å². The Kier molecular flexibility index (Phi) is 5.44. The Hall–Kier alpha value is -1.05. The number of esters is 1. The zero-order chi connectivity index (χ0) is 7.82. The van der Waals surface area contributed by atoms with Crippen molar-refractivity contribution in [1.29, 1.82) is 0 Å².